The number of phenols is 1. The van der Waals surface area contributed by atoms with Gasteiger partial charge in [-0.1, -0.05) is 26.0 Å². The van der Waals surface area contributed by atoms with E-state index in [1.807, 2.05) is 25.9 Å². The lowest BCUT2D eigenvalue weighted by Crippen LogP contribution is -2.32. The number of carboxylic acids is 2. The number of nitrogens with zero attached hydrogens (tertiary/aromatic N) is 2. The predicted molar refractivity (Wildman–Crippen MR) is 147 cm³/mol. The van der Waals surface area contributed by atoms with Crippen LogP contribution in [0.25, 0.3) is 5.76 Å². The molecule has 1 amide bonds. The first-order chi connectivity index (χ1) is 18.7. The second kappa shape index (κ2) is 14.1. The van der Waals surface area contributed by atoms with Crippen molar-refractivity contribution >= 4 is 29.4 Å². The number of ether oxygens (including phenoxy) is 1. The van der Waals surface area contributed by atoms with E-state index < -0.39 is 29.7 Å². The molecule has 216 valence electrons. The van der Waals surface area contributed by atoms with Crippen molar-refractivity contribution in [3.8, 4) is 11.5 Å². The zero-order valence-electron chi connectivity index (χ0n) is 23.2. The minimum absolute atomic E-state index is 0.0517. The number of likely N-dealkylation sites (tertiary alicyclic amines) is 1. The Morgan fingerprint density at radius 3 is 2.10 bits per heavy atom. The number of phenolic OH excluding ortho intramolecular Hbond substituents is 1. The van der Waals surface area contributed by atoms with Crippen LogP contribution >= 0.6 is 0 Å². The Morgan fingerprint density at radius 1 is 1.00 bits per heavy atom. The van der Waals surface area contributed by atoms with Gasteiger partial charge in [0.1, 0.15) is 17.3 Å². The molecule has 1 atom stereocenters. The molecule has 0 radical (unpaired) electrons. The summed E-state index contributed by atoms with van der Waals surface area (Å²) < 4.78 is 5.82. The third kappa shape index (κ3) is 8.31. The fourth-order valence-corrected chi connectivity index (χ4v) is 4.04. The van der Waals surface area contributed by atoms with Gasteiger partial charge in [0.15, 0.2) is 0 Å². The van der Waals surface area contributed by atoms with Crippen LogP contribution < -0.4 is 4.74 Å². The third-order valence-electron chi connectivity index (χ3n) is 5.96. The number of hydrogen-bond donors (Lipinski definition) is 4. The predicted octanol–water partition coefficient (Wildman–Crippen LogP) is 3.26. The maximum absolute atomic E-state index is 13.1. The van der Waals surface area contributed by atoms with Crippen LogP contribution in [0.1, 0.15) is 43.0 Å². The number of aliphatic hydroxyl groups is 1. The first-order valence-electron chi connectivity index (χ1n) is 12.7. The Hall–Kier alpha value is -4.38. The highest BCUT2D eigenvalue weighted by atomic mass is 16.5. The molecule has 1 heterocycles. The molecule has 0 spiro atoms. The number of carbonyl (C=O) groups is 4. The summed E-state index contributed by atoms with van der Waals surface area (Å²) in [5.74, 6) is -4.04. The number of aliphatic carboxylic acids is 2. The lowest BCUT2D eigenvalue weighted by molar-refractivity contribution is -0.159. The molecule has 11 nitrogen and oxygen atoms in total. The van der Waals surface area contributed by atoms with E-state index in [0.29, 0.717) is 42.4 Å². The fourth-order valence-electron chi connectivity index (χ4n) is 4.04. The van der Waals surface area contributed by atoms with Crippen LogP contribution in [0, 0.1) is 12.8 Å². The fraction of sp³-hybridized carbons (Fsp3) is 0.379. The van der Waals surface area contributed by atoms with Crippen LogP contribution in [0.3, 0.4) is 0 Å². The number of benzene rings is 2. The molecule has 1 saturated heterocycles. The summed E-state index contributed by atoms with van der Waals surface area (Å²) in [4.78, 5) is 47.8. The number of aryl methyl sites for hydroxylation is 1. The van der Waals surface area contributed by atoms with Crippen molar-refractivity contribution in [3.05, 3.63) is 64.7 Å². The van der Waals surface area contributed by atoms with E-state index >= 15 is 0 Å². The summed E-state index contributed by atoms with van der Waals surface area (Å²) in [6.45, 7) is 7.70. The van der Waals surface area contributed by atoms with Crippen LogP contribution in [-0.4, -0.2) is 87.6 Å². The lowest BCUT2D eigenvalue weighted by atomic mass is 9.94. The van der Waals surface area contributed by atoms with Crippen LogP contribution in [-0.2, 0) is 19.2 Å². The standard InChI is InChI=1S/C27H34N2O5.C2H2O4/c1-17(2)16-34-22-12-9-20(15-18(22)3)25(31)23-24(19-7-10-21(30)11-8-19)29(27(33)26(23)32)14-6-13-28(4)5;3-1(4)2(5)6/h7-12,15,17,24,30-31H,6,13-14,16H2,1-5H3;(H,3,4)(H,5,6)/b25-23+;. The average molecular weight is 557 g/mol. The van der Waals surface area contributed by atoms with Crippen molar-refractivity contribution in [3.63, 3.8) is 0 Å². The van der Waals surface area contributed by atoms with Gasteiger partial charge in [-0.3, -0.25) is 9.59 Å². The van der Waals surface area contributed by atoms with Crippen LogP contribution in [0.5, 0.6) is 11.5 Å². The number of aromatic hydroxyl groups is 1. The summed E-state index contributed by atoms with van der Waals surface area (Å²) in [5, 5.41) is 35.8. The molecule has 3 rings (SSSR count). The number of carboxylic acid groups (broad SMARTS) is 2. The van der Waals surface area contributed by atoms with Crippen molar-refractivity contribution in [1.29, 1.82) is 0 Å². The Kier molecular flexibility index (Phi) is 11.2. The molecule has 1 aliphatic heterocycles. The van der Waals surface area contributed by atoms with Gasteiger partial charge in [0.25, 0.3) is 11.7 Å². The van der Waals surface area contributed by atoms with Crippen LogP contribution in [0.15, 0.2) is 48.0 Å². The van der Waals surface area contributed by atoms with Gasteiger partial charge in [-0.25, -0.2) is 9.59 Å². The number of hydrogen-bond acceptors (Lipinski definition) is 8. The Balaban J connectivity index is 0.000000840. The van der Waals surface area contributed by atoms with Gasteiger partial charge in [-0.2, -0.15) is 0 Å². The summed E-state index contributed by atoms with van der Waals surface area (Å²) >= 11 is 0. The molecule has 0 aliphatic carbocycles. The zero-order chi connectivity index (χ0) is 30.1. The molecule has 0 saturated carbocycles. The first kappa shape index (κ1) is 31.8. The van der Waals surface area contributed by atoms with Crippen LogP contribution in [0.4, 0.5) is 0 Å². The Bertz CT molecular complexity index is 1250. The lowest BCUT2D eigenvalue weighted by Gasteiger charge is -2.26. The summed E-state index contributed by atoms with van der Waals surface area (Å²) in [6, 6.07) is 10.9. The second-order valence-corrected chi connectivity index (χ2v) is 10.0. The van der Waals surface area contributed by atoms with Gasteiger partial charge >= 0.3 is 11.9 Å². The normalized spacial score (nSPS) is 16.2. The number of ketones is 1. The molecule has 11 heteroatoms. The van der Waals surface area contributed by atoms with Crippen molar-refractivity contribution in [2.45, 2.75) is 33.2 Å². The molecular weight excluding hydrogens is 520 g/mol. The van der Waals surface area contributed by atoms with Crippen molar-refractivity contribution in [2.24, 2.45) is 5.92 Å². The maximum atomic E-state index is 13.1. The first-order valence-corrected chi connectivity index (χ1v) is 12.7. The smallest absolute Gasteiger partial charge is 0.414 e. The average Bonchev–Trinajstić information content (AvgIpc) is 3.13. The Labute approximate surface area is 232 Å². The highest BCUT2D eigenvalue weighted by Crippen LogP contribution is 2.40. The second-order valence-electron chi connectivity index (χ2n) is 10.0. The third-order valence-corrected chi connectivity index (χ3v) is 5.96. The number of aliphatic hydroxyl groups excluding tert-OH is 1. The number of rotatable bonds is 9. The van der Waals surface area contributed by atoms with Gasteiger partial charge in [0.05, 0.1) is 18.2 Å². The zero-order valence-corrected chi connectivity index (χ0v) is 23.2. The number of carbonyl (C=O) groups excluding carboxylic acids is 2. The molecule has 2 aromatic rings. The van der Waals surface area contributed by atoms with Gasteiger partial charge < -0.3 is 35.0 Å². The molecular formula is C29H36N2O9. The van der Waals surface area contributed by atoms with Crippen molar-refractivity contribution < 1.29 is 44.3 Å². The van der Waals surface area contributed by atoms with Crippen molar-refractivity contribution in [2.75, 3.05) is 33.8 Å². The minimum atomic E-state index is -1.82. The van der Waals surface area contributed by atoms with E-state index in [2.05, 4.69) is 13.8 Å². The molecule has 40 heavy (non-hydrogen) atoms. The monoisotopic (exact) mass is 556 g/mol. The highest BCUT2D eigenvalue weighted by molar-refractivity contribution is 6.46. The summed E-state index contributed by atoms with van der Waals surface area (Å²) in [5.41, 5.74) is 1.98. The summed E-state index contributed by atoms with van der Waals surface area (Å²) in [7, 11) is 3.89. The van der Waals surface area contributed by atoms with E-state index in [1.54, 1.807) is 30.3 Å². The quantitative estimate of drug-likeness (QED) is 0.205. The molecule has 2 aromatic carbocycles. The molecule has 0 bridgehead atoms. The van der Waals surface area contributed by atoms with Gasteiger partial charge in [-0.15, -0.1) is 0 Å². The van der Waals surface area contributed by atoms with Crippen molar-refractivity contribution in [1.82, 2.24) is 9.80 Å². The SMILES string of the molecule is Cc1cc(/C(O)=C2\C(=O)C(=O)N(CCCN(C)C)C2c2ccc(O)cc2)ccc1OCC(C)C.O=C(O)C(=O)O. The highest BCUT2D eigenvalue weighted by Gasteiger charge is 2.45. The largest absolute Gasteiger partial charge is 0.508 e. The molecule has 1 fully saturated rings. The van der Waals surface area contributed by atoms with E-state index in [1.165, 1.54) is 17.0 Å². The minimum Gasteiger partial charge on any atom is -0.508 e. The Morgan fingerprint density at radius 2 is 1.60 bits per heavy atom. The number of Topliss-reactive ketones (excluding diaryl/α,β-unsaturated/α-hetero) is 1. The topological polar surface area (TPSA) is 165 Å². The van der Waals surface area contributed by atoms with E-state index in [9.17, 15) is 19.8 Å². The van der Waals surface area contributed by atoms with Gasteiger partial charge in [0.2, 0.25) is 0 Å². The van der Waals surface area contributed by atoms with E-state index in [4.69, 9.17) is 24.5 Å². The molecule has 1 unspecified atom stereocenters. The van der Waals surface area contributed by atoms with Gasteiger partial charge in [-0.05, 0) is 81.4 Å². The summed E-state index contributed by atoms with van der Waals surface area (Å²) in [6.07, 6.45) is 0.676. The van der Waals surface area contributed by atoms with E-state index in [0.717, 1.165) is 12.1 Å². The number of amides is 1. The molecule has 0 aromatic heterocycles. The molecule has 4 N–H and O–H groups in total. The molecule has 1 aliphatic rings. The van der Waals surface area contributed by atoms with E-state index in [-0.39, 0.29) is 17.1 Å². The van der Waals surface area contributed by atoms with Crippen LogP contribution in [0.2, 0.25) is 0 Å². The maximum Gasteiger partial charge on any atom is 0.414 e. The van der Waals surface area contributed by atoms with Gasteiger partial charge in [0, 0.05) is 12.1 Å².